The molecule has 20 heavy (non-hydrogen) atoms. The summed E-state index contributed by atoms with van der Waals surface area (Å²) in [6, 6.07) is 10.7. The van der Waals surface area contributed by atoms with E-state index in [0.717, 1.165) is 5.56 Å². The fourth-order valence-corrected chi connectivity index (χ4v) is 2.09. The van der Waals surface area contributed by atoms with Gasteiger partial charge < -0.3 is 0 Å². The molecule has 0 radical (unpaired) electrons. The molecule has 0 heterocycles. The zero-order chi connectivity index (χ0) is 14.7. The van der Waals surface area contributed by atoms with Gasteiger partial charge in [0.05, 0.1) is 4.92 Å². The summed E-state index contributed by atoms with van der Waals surface area (Å²) in [4.78, 5) is 22.3. The molecule has 0 bridgehead atoms. The molecule has 0 atom stereocenters. The molecule has 4 nitrogen and oxygen atoms in total. The lowest BCUT2D eigenvalue weighted by Gasteiger charge is -2.03. The standard InChI is InChI=1S/C14H9Cl2NO3/c15-11-3-1-9(2-4-11)5-14(18)10-6-12(16)8-13(7-10)17(19)20/h1-4,6-8H,5H2. The predicted octanol–water partition coefficient (Wildman–Crippen LogP) is 4.33. The van der Waals surface area contributed by atoms with Gasteiger partial charge in [-0.3, -0.25) is 14.9 Å². The van der Waals surface area contributed by atoms with Gasteiger partial charge in [0.1, 0.15) is 0 Å². The number of Topliss-reactive ketones (excluding diaryl/α,β-unsaturated/α-hetero) is 1. The summed E-state index contributed by atoms with van der Waals surface area (Å²) < 4.78 is 0. The van der Waals surface area contributed by atoms with Crippen molar-refractivity contribution in [3.05, 3.63) is 73.8 Å². The number of hydrogen-bond acceptors (Lipinski definition) is 3. The van der Waals surface area contributed by atoms with Crippen LogP contribution in [-0.2, 0) is 6.42 Å². The van der Waals surface area contributed by atoms with E-state index in [0.29, 0.717) is 5.02 Å². The summed E-state index contributed by atoms with van der Waals surface area (Å²) in [6.07, 6.45) is 0.134. The Kier molecular flexibility index (Phi) is 4.37. The highest BCUT2D eigenvalue weighted by Gasteiger charge is 2.14. The molecule has 0 aromatic heterocycles. The van der Waals surface area contributed by atoms with Crippen LogP contribution in [0.15, 0.2) is 42.5 Å². The van der Waals surface area contributed by atoms with Crippen LogP contribution in [0.3, 0.4) is 0 Å². The van der Waals surface area contributed by atoms with Crippen molar-refractivity contribution >= 4 is 34.7 Å². The van der Waals surface area contributed by atoms with Crippen molar-refractivity contribution in [1.82, 2.24) is 0 Å². The van der Waals surface area contributed by atoms with Gasteiger partial charge >= 0.3 is 0 Å². The molecule has 0 aliphatic rings. The molecule has 0 fully saturated rings. The van der Waals surface area contributed by atoms with Crippen molar-refractivity contribution in [2.45, 2.75) is 6.42 Å². The van der Waals surface area contributed by atoms with Crippen molar-refractivity contribution in [3.8, 4) is 0 Å². The van der Waals surface area contributed by atoms with Gasteiger partial charge in [0.15, 0.2) is 5.78 Å². The Morgan fingerprint density at radius 3 is 2.30 bits per heavy atom. The van der Waals surface area contributed by atoms with E-state index in [1.54, 1.807) is 24.3 Å². The molecule has 0 saturated carbocycles. The molecule has 2 aromatic carbocycles. The third kappa shape index (κ3) is 3.56. The van der Waals surface area contributed by atoms with Crippen LogP contribution in [-0.4, -0.2) is 10.7 Å². The lowest BCUT2D eigenvalue weighted by atomic mass is 10.0. The van der Waals surface area contributed by atoms with Crippen molar-refractivity contribution < 1.29 is 9.72 Å². The molecule has 2 aromatic rings. The summed E-state index contributed by atoms with van der Waals surface area (Å²) in [5.41, 5.74) is 0.804. The number of benzene rings is 2. The highest BCUT2D eigenvalue weighted by atomic mass is 35.5. The lowest BCUT2D eigenvalue weighted by molar-refractivity contribution is -0.384. The van der Waals surface area contributed by atoms with E-state index in [9.17, 15) is 14.9 Å². The Hall–Kier alpha value is -1.91. The van der Waals surface area contributed by atoms with Crippen molar-refractivity contribution in [3.63, 3.8) is 0 Å². The summed E-state index contributed by atoms with van der Waals surface area (Å²) in [7, 11) is 0. The zero-order valence-corrected chi connectivity index (χ0v) is 11.7. The van der Waals surface area contributed by atoms with Gasteiger partial charge in [0.25, 0.3) is 5.69 Å². The molecular formula is C14H9Cl2NO3. The Balaban J connectivity index is 2.25. The largest absolute Gasteiger partial charge is 0.294 e. The molecule has 0 amide bonds. The normalized spacial score (nSPS) is 10.3. The van der Waals surface area contributed by atoms with Crippen LogP contribution in [0, 0.1) is 10.1 Å². The fraction of sp³-hybridized carbons (Fsp3) is 0.0714. The minimum absolute atomic E-state index is 0.134. The molecule has 0 saturated heterocycles. The van der Waals surface area contributed by atoms with Gasteiger partial charge in [-0.25, -0.2) is 0 Å². The first-order chi connectivity index (χ1) is 9.45. The summed E-state index contributed by atoms with van der Waals surface area (Å²) in [5.74, 6) is -0.238. The van der Waals surface area contributed by atoms with Crippen LogP contribution in [0.5, 0.6) is 0 Å². The van der Waals surface area contributed by atoms with Crippen molar-refractivity contribution in [2.75, 3.05) is 0 Å². The van der Waals surface area contributed by atoms with Gasteiger partial charge in [-0.1, -0.05) is 35.3 Å². The predicted molar refractivity (Wildman–Crippen MR) is 77.6 cm³/mol. The number of rotatable bonds is 4. The number of halogens is 2. The Labute approximate surface area is 125 Å². The summed E-state index contributed by atoms with van der Waals surface area (Å²) in [6.45, 7) is 0. The van der Waals surface area contributed by atoms with E-state index < -0.39 is 4.92 Å². The second-order valence-electron chi connectivity index (χ2n) is 4.18. The van der Waals surface area contributed by atoms with Crippen LogP contribution in [0.25, 0.3) is 0 Å². The topological polar surface area (TPSA) is 60.2 Å². The molecule has 102 valence electrons. The monoisotopic (exact) mass is 309 g/mol. The van der Waals surface area contributed by atoms with Crippen LogP contribution < -0.4 is 0 Å². The molecule has 0 unspecified atom stereocenters. The van der Waals surface area contributed by atoms with Crippen molar-refractivity contribution in [1.29, 1.82) is 0 Å². The Morgan fingerprint density at radius 1 is 1.05 bits per heavy atom. The lowest BCUT2D eigenvalue weighted by Crippen LogP contribution is -2.04. The first kappa shape index (κ1) is 14.5. The Bertz CT molecular complexity index is 669. The van der Waals surface area contributed by atoms with E-state index in [1.165, 1.54) is 18.2 Å². The first-order valence-corrected chi connectivity index (χ1v) is 6.44. The van der Waals surface area contributed by atoms with Crippen molar-refractivity contribution in [2.24, 2.45) is 0 Å². The minimum atomic E-state index is -0.578. The van der Waals surface area contributed by atoms with Gasteiger partial charge in [0.2, 0.25) is 0 Å². The zero-order valence-electron chi connectivity index (χ0n) is 10.2. The SMILES string of the molecule is O=C(Cc1ccc(Cl)cc1)c1cc(Cl)cc([N+](=O)[O-])c1. The maximum Gasteiger partial charge on any atom is 0.271 e. The van der Waals surface area contributed by atoms with Gasteiger partial charge in [-0.15, -0.1) is 0 Å². The number of hydrogen-bond donors (Lipinski definition) is 0. The minimum Gasteiger partial charge on any atom is -0.294 e. The second-order valence-corrected chi connectivity index (χ2v) is 5.05. The molecule has 0 aliphatic carbocycles. The number of nitro benzene ring substituents is 1. The van der Waals surface area contributed by atoms with Gasteiger partial charge in [-0.05, 0) is 23.8 Å². The molecule has 0 N–H and O–H groups in total. The molecule has 0 aliphatic heterocycles. The van der Waals surface area contributed by atoms with E-state index in [2.05, 4.69) is 0 Å². The third-order valence-electron chi connectivity index (χ3n) is 2.69. The number of non-ortho nitro benzene ring substituents is 1. The average Bonchev–Trinajstić information content (AvgIpc) is 2.40. The van der Waals surface area contributed by atoms with E-state index >= 15 is 0 Å². The highest BCUT2D eigenvalue weighted by molar-refractivity contribution is 6.31. The maximum absolute atomic E-state index is 12.1. The average molecular weight is 310 g/mol. The first-order valence-electron chi connectivity index (χ1n) is 5.68. The smallest absolute Gasteiger partial charge is 0.271 e. The van der Waals surface area contributed by atoms with Crippen LogP contribution >= 0.6 is 23.2 Å². The van der Waals surface area contributed by atoms with E-state index in [4.69, 9.17) is 23.2 Å². The Morgan fingerprint density at radius 2 is 1.70 bits per heavy atom. The maximum atomic E-state index is 12.1. The third-order valence-corrected chi connectivity index (χ3v) is 3.16. The quantitative estimate of drug-likeness (QED) is 0.480. The number of carbonyl (C=O) groups excluding carboxylic acids is 1. The molecule has 6 heteroatoms. The molecule has 2 rings (SSSR count). The number of nitro groups is 1. The van der Waals surface area contributed by atoms with Crippen LogP contribution in [0.4, 0.5) is 5.69 Å². The number of ketones is 1. The molecule has 0 spiro atoms. The molecular weight excluding hydrogens is 301 g/mol. The highest BCUT2D eigenvalue weighted by Crippen LogP contribution is 2.22. The van der Waals surface area contributed by atoms with Gasteiger partial charge in [0, 0.05) is 34.2 Å². The fourth-order valence-electron chi connectivity index (χ4n) is 1.73. The summed E-state index contributed by atoms with van der Waals surface area (Å²) in [5, 5.41) is 11.5. The number of nitrogens with zero attached hydrogens (tertiary/aromatic N) is 1. The van der Waals surface area contributed by atoms with Crippen LogP contribution in [0.1, 0.15) is 15.9 Å². The van der Waals surface area contributed by atoms with E-state index in [1.807, 2.05) is 0 Å². The number of carbonyl (C=O) groups is 1. The summed E-state index contributed by atoms with van der Waals surface area (Å²) >= 11 is 11.6. The second kappa shape index (κ2) is 6.03. The van der Waals surface area contributed by atoms with E-state index in [-0.39, 0.29) is 28.5 Å². The van der Waals surface area contributed by atoms with Gasteiger partial charge in [-0.2, -0.15) is 0 Å². The van der Waals surface area contributed by atoms with Crippen LogP contribution in [0.2, 0.25) is 10.0 Å².